The number of amides is 1. The third-order valence-corrected chi connectivity index (χ3v) is 6.48. The molecule has 1 amide bonds. The first-order valence-electron chi connectivity index (χ1n) is 12.0. The summed E-state index contributed by atoms with van der Waals surface area (Å²) >= 11 is 0. The molecule has 2 aromatic carbocycles. The second-order valence-electron chi connectivity index (χ2n) is 9.76. The fraction of sp³-hybridized carbons (Fsp3) is 0.379. The van der Waals surface area contributed by atoms with E-state index in [1.807, 2.05) is 36.5 Å². The van der Waals surface area contributed by atoms with Crippen LogP contribution in [0.15, 0.2) is 79.0 Å². The van der Waals surface area contributed by atoms with Crippen molar-refractivity contribution >= 4 is 5.91 Å². The number of aromatic nitrogens is 1. The normalized spacial score (nSPS) is 18.5. The molecule has 0 saturated carbocycles. The Morgan fingerprint density at radius 3 is 2.39 bits per heavy atom. The van der Waals surface area contributed by atoms with Crippen LogP contribution in [-0.2, 0) is 6.54 Å². The topological polar surface area (TPSA) is 36.4 Å². The van der Waals surface area contributed by atoms with E-state index in [0.29, 0.717) is 17.8 Å². The Morgan fingerprint density at radius 1 is 1.00 bits per heavy atom. The molecule has 1 fully saturated rings. The molecule has 0 unspecified atom stereocenters. The molecule has 0 spiro atoms. The summed E-state index contributed by atoms with van der Waals surface area (Å²) < 4.78 is 0. The van der Waals surface area contributed by atoms with Gasteiger partial charge in [-0.1, -0.05) is 67.9 Å². The summed E-state index contributed by atoms with van der Waals surface area (Å²) in [5.41, 5.74) is 4.41. The van der Waals surface area contributed by atoms with E-state index in [9.17, 15) is 4.79 Å². The lowest BCUT2D eigenvalue weighted by Gasteiger charge is -2.30. The Balaban J connectivity index is 1.56. The van der Waals surface area contributed by atoms with Crippen LogP contribution in [0.5, 0.6) is 0 Å². The monoisotopic (exact) mass is 441 g/mol. The van der Waals surface area contributed by atoms with E-state index in [0.717, 1.165) is 44.0 Å². The molecule has 3 aromatic rings. The molecule has 1 aliphatic rings. The van der Waals surface area contributed by atoms with Crippen molar-refractivity contribution in [3.8, 4) is 0 Å². The van der Waals surface area contributed by atoms with Crippen LogP contribution in [0.4, 0.5) is 0 Å². The Hall–Kier alpha value is -2.98. The minimum atomic E-state index is 0.138. The number of carbonyl (C=O) groups excluding carboxylic acids is 1. The van der Waals surface area contributed by atoms with E-state index >= 15 is 0 Å². The van der Waals surface area contributed by atoms with Crippen LogP contribution in [-0.4, -0.2) is 46.9 Å². The van der Waals surface area contributed by atoms with Crippen molar-refractivity contribution in [1.82, 2.24) is 14.8 Å². The van der Waals surface area contributed by atoms with Crippen molar-refractivity contribution < 1.29 is 4.79 Å². The second kappa shape index (κ2) is 10.8. The fourth-order valence-corrected chi connectivity index (χ4v) is 4.92. The molecule has 1 saturated heterocycles. The summed E-state index contributed by atoms with van der Waals surface area (Å²) in [6.45, 7) is 10.8. The van der Waals surface area contributed by atoms with E-state index in [-0.39, 0.29) is 5.91 Å². The minimum Gasteiger partial charge on any atom is -0.338 e. The Bertz CT molecular complexity index is 1020. The maximum absolute atomic E-state index is 13.5. The summed E-state index contributed by atoms with van der Waals surface area (Å²) in [4.78, 5) is 22.6. The average molecular weight is 442 g/mol. The maximum Gasteiger partial charge on any atom is 0.253 e. The van der Waals surface area contributed by atoms with Crippen LogP contribution in [0.3, 0.4) is 0 Å². The molecule has 2 heterocycles. The van der Waals surface area contributed by atoms with E-state index < -0.39 is 0 Å². The Morgan fingerprint density at radius 2 is 1.73 bits per heavy atom. The predicted molar refractivity (Wildman–Crippen MR) is 134 cm³/mol. The Labute approximate surface area is 198 Å². The van der Waals surface area contributed by atoms with Gasteiger partial charge in [0.25, 0.3) is 5.91 Å². The molecule has 4 rings (SSSR count). The van der Waals surface area contributed by atoms with Gasteiger partial charge in [-0.15, -0.1) is 0 Å². The van der Waals surface area contributed by atoms with Gasteiger partial charge in [-0.3, -0.25) is 14.7 Å². The molecule has 0 radical (unpaired) electrons. The van der Waals surface area contributed by atoms with Crippen molar-refractivity contribution in [3.05, 3.63) is 101 Å². The number of likely N-dealkylation sites (tertiary alicyclic amines) is 1. The van der Waals surface area contributed by atoms with Gasteiger partial charge in [-0.25, -0.2) is 0 Å². The van der Waals surface area contributed by atoms with Crippen LogP contribution in [0, 0.1) is 18.8 Å². The smallest absolute Gasteiger partial charge is 0.253 e. The number of rotatable bonds is 8. The highest BCUT2D eigenvalue weighted by Gasteiger charge is 2.36. The first-order valence-corrected chi connectivity index (χ1v) is 12.0. The maximum atomic E-state index is 13.5. The fourth-order valence-electron chi connectivity index (χ4n) is 4.92. The van der Waals surface area contributed by atoms with E-state index in [1.54, 1.807) is 0 Å². The molecule has 0 aliphatic carbocycles. The van der Waals surface area contributed by atoms with Gasteiger partial charge in [-0.05, 0) is 48.6 Å². The minimum absolute atomic E-state index is 0.138. The zero-order valence-electron chi connectivity index (χ0n) is 20.0. The van der Waals surface area contributed by atoms with E-state index in [1.165, 1.54) is 11.1 Å². The molecule has 4 nitrogen and oxygen atoms in total. The number of hydrogen-bond acceptors (Lipinski definition) is 3. The largest absolute Gasteiger partial charge is 0.338 e. The average Bonchev–Trinajstić information content (AvgIpc) is 3.21. The summed E-state index contributed by atoms with van der Waals surface area (Å²) in [7, 11) is 0. The van der Waals surface area contributed by atoms with Gasteiger partial charge in [0.15, 0.2) is 0 Å². The van der Waals surface area contributed by atoms with Gasteiger partial charge in [0, 0.05) is 50.4 Å². The lowest BCUT2D eigenvalue weighted by molar-refractivity contribution is 0.0703. The number of hydrogen-bond donors (Lipinski definition) is 0. The van der Waals surface area contributed by atoms with Crippen molar-refractivity contribution in [3.63, 3.8) is 0 Å². The first kappa shape index (κ1) is 23.2. The molecule has 33 heavy (non-hydrogen) atoms. The Kier molecular flexibility index (Phi) is 7.56. The highest BCUT2D eigenvalue weighted by atomic mass is 16.2. The summed E-state index contributed by atoms with van der Waals surface area (Å²) in [5.74, 6) is 1.33. The zero-order valence-corrected chi connectivity index (χ0v) is 20.0. The molecule has 0 bridgehead atoms. The number of nitrogens with zero attached hydrogens (tertiary/aromatic N) is 3. The van der Waals surface area contributed by atoms with Crippen LogP contribution in [0.25, 0.3) is 0 Å². The van der Waals surface area contributed by atoms with Gasteiger partial charge in [0.1, 0.15) is 0 Å². The number of aryl methyl sites for hydroxylation is 1. The predicted octanol–water partition coefficient (Wildman–Crippen LogP) is 5.40. The second-order valence-corrected chi connectivity index (χ2v) is 9.76. The molecule has 172 valence electrons. The molecular formula is C29H35N3O. The van der Waals surface area contributed by atoms with Crippen LogP contribution in [0.1, 0.15) is 46.9 Å². The summed E-state index contributed by atoms with van der Waals surface area (Å²) in [5, 5.41) is 0. The highest BCUT2D eigenvalue weighted by molar-refractivity contribution is 5.94. The zero-order chi connectivity index (χ0) is 23.2. The van der Waals surface area contributed by atoms with Crippen molar-refractivity contribution in [2.45, 2.75) is 33.2 Å². The summed E-state index contributed by atoms with van der Waals surface area (Å²) in [6, 6.07) is 24.9. The third-order valence-electron chi connectivity index (χ3n) is 6.48. The van der Waals surface area contributed by atoms with Crippen molar-refractivity contribution in [2.75, 3.05) is 26.2 Å². The molecule has 1 aliphatic heterocycles. The van der Waals surface area contributed by atoms with Gasteiger partial charge in [-0.2, -0.15) is 0 Å². The molecular weight excluding hydrogens is 406 g/mol. The van der Waals surface area contributed by atoms with Crippen LogP contribution < -0.4 is 0 Å². The SMILES string of the molecule is Cc1ccc(C(=O)N(CC(C)C)C[C@H]2CN(Cc3ccccn3)C[C@H]2c2ccccc2)cc1. The number of benzene rings is 2. The highest BCUT2D eigenvalue weighted by Crippen LogP contribution is 2.34. The standard InChI is InChI=1S/C29H35N3O/c1-22(2)17-32(29(33)25-14-12-23(3)13-15-25)19-26-18-31(20-27-11-7-8-16-30-27)21-28(26)24-9-5-4-6-10-24/h4-16,22,26,28H,17-21H2,1-3H3/t26-,28+/m1/s1. The number of pyridine rings is 1. The van der Waals surface area contributed by atoms with Gasteiger partial charge in [0.05, 0.1) is 5.69 Å². The van der Waals surface area contributed by atoms with Gasteiger partial charge < -0.3 is 4.90 Å². The number of carbonyl (C=O) groups is 1. The van der Waals surface area contributed by atoms with E-state index in [4.69, 9.17) is 0 Å². The molecule has 0 N–H and O–H groups in total. The summed E-state index contributed by atoms with van der Waals surface area (Å²) in [6.07, 6.45) is 1.86. The first-order chi connectivity index (χ1) is 16.0. The molecule has 2 atom stereocenters. The van der Waals surface area contributed by atoms with E-state index in [2.05, 4.69) is 78.0 Å². The van der Waals surface area contributed by atoms with Crippen LogP contribution >= 0.6 is 0 Å². The third kappa shape index (κ3) is 6.08. The van der Waals surface area contributed by atoms with Crippen LogP contribution in [0.2, 0.25) is 0 Å². The lowest BCUT2D eigenvalue weighted by atomic mass is 9.88. The van der Waals surface area contributed by atoms with Gasteiger partial charge >= 0.3 is 0 Å². The quantitative estimate of drug-likeness (QED) is 0.469. The van der Waals surface area contributed by atoms with Crippen molar-refractivity contribution in [1.29, 1.82) is 0 Å². The molecule has 1 aromatic heterocycles. The lowest BCUT2D eigenvalue weighted by Crippen LogP contribution is -2.39. The van der Waals surface area contributed by atoms with Crippen molar-refractivity contribution in [2.24, 2.45) is 11.8 Å². The van der Waals surface area contributed by atoms with Gasteiger partial charge in [0.2, 0.25) is 0 Å². The molecule has 4 heteroatoms.